The number of hydrogen-bond donors (Lipinski definition) is 0. The summed E-state index contributed by atoms with van der Waals surface area (Å²) >= 11 is 0. The van der Waals surface area contributed by atoms with Crippen LogP contribution in [-0.4, -0.2) is 14.2 Å². The maximum atomic E-state index is 5.82. The van der Waals surface area contributed by atoms with E-state index >= 15 is 0 Å². The summed E-state index contributed by atoms with van der Waals surface area (Å²) in [6.45, 7) is 6.72. The van der Waals surface area contributed by atoms with Gasteiger partial charge in [0.1, 0.15) is 11.5 Å². The molecule has 2 nitrogen and oxygen atoms in total. The lowest BCUT2D eigenvalue weighted by Gasteiger charge is -2.17. The average molecular weight is 399 g/mol. The Morgan fingerprint density at radius 2 is 1.47 bits per heavy atom. The van der Waals surface area contributed by atoms with Crippen molar-refractivity contribution >= 4 is 21.5 Å². The molecule has 2 heteroatoms. The molecular formula is C28H30O2. The first kappa shape index (κ1) is 20.3. The highest BCUT2D eigenvalue weighted by atomic mass is 16.5. The van der Waals surface area contributed by atoms with Gasteiger partial charge in [-0.25, -0.2) is 0 Å². The molecule has 0 aliphatic carbocycles. The van der Waals surface area contributed by atoms with Gasteiger partial charge < -0.3 is 9.47 Å². The van der Waals surface area contributed by atoms with Gasteiger partial charge in [-0.2, -0.15) is 0 Å². The Balaban J connectivity index is 1.69. The number of fused-ring (bicyclic) bond motifs is 2. The Labute approximate surface area is 179 Å². The van der Waals surface area contributed by atoms with Gasteiger partial charge in [0, 0.05) is 10.8 Å². The first-order chi connectivity index (χ1) is 14.5. The van der Waals surface area contributed by atoms with E-state index in [0.29, 0.717) is 11.8 Å². The molecule has 0 radical (unpaired) electrons. The molecule has 4 rings (SSSR count). The molecule has 0 saturated carbocycles. The van der Waals surface area contributed by atoms with Gasteiger partial charge in [0.25, 0.3) is 0 Å². The van der Waals surface area contributed by atoms with Crippen LogP contribution in [0.5, 0.6) is 11.5 Å². The van der Waals surface area contributed by atoms with Gasteiger partial charge in [-0.15, -0.1) is 0 Å². The summed E-state index contributed by atoms with van der Waals surface area (Å²) in [6.07, 6.45) is 0.978. The summed E-state index contributed by atoms with van der Waals surface area (Å²) in [7, 11) is 3.51. The Morgan fingerprint density at radius 1 is 0.733 bits per heavy atom. The Kier molecular flexibility index (Phi) is 5.67. The molecule has 0 bridgehead atoms. The highest BCUT2D eigenvalue weighted by molar-refractivity contribution is 5.91. The highest BCUT2D eigenvalue weighted by Crippen LogP contribution is 2.36. The van der Waals surface area contributed by atoms with E-state index in [9.17, 15) is 0 Å². The number of methoxy groups -OCH3 is 2. The summed E-state index contributed by atoms with van der Waals surface area (Å²) in [5.74, 6) is 2.76. The van der Waals surface area contributed by atoms with Crippen molar-refractivity contribution in [1.82, 2.24) is 0 Å². The third kappa shape index (κ3) is 3.75. The fraction of sp³-hybridized carbons (Fsp3) is 0.286. The molecule has 0 amide bonds. The van der Waals surface area contributed by atoms with E-state index in [-0.39, 0.29) is 0 Å². The molecule has 0 aromatic heterocycles. The largest absolute Gasteiger partial charge is 0.496 e. The third-order valence-corrected chi connectivity index (χ3v) is 6.09. The molecule has 0 aliphatic heterocycles. The molecular weight excluding hydrogens is 368 g/mol. The topological polar surface area (TPSA) is 18.5 Å². The van der Waals surface area contributed by atoms with Gasteiger partial charge in [-0.05, 0) is 63.9 Å². The molecule has 0 fully saturated rings. The van der Waals surface area contributed by atoms with Crippen molar-refractivity contribution in [3.63, 3.8) is 0 Å². The second-order valence-electron chi connectivity index (χ2n) is 8.44. The summed E-state index contributed by atoms with van der Waals surface area (Å²) < 4.78 is 11.4. The van der Waals surface area contributed by atoms with Crippen molar-refractivity contribution in [3.05, 3.63) is 83.4 Å². The predicted molar refractivity (Wildman–Crippen MR) is 127 cm³/mol. The molecule has 0 N–H and O–H groups in total. The zero-order chi connectivity index (χ0) is 21.3. The normalized spacial score (nSPS) is 12.5. The maximum absolute atomic E-state index is 5.82. The van der Waals surface area contributed by atoms with Crippen molar-refractivity contribution in [2.75, 3.05) is 14.2 Å². The lowest BCUT2D eigenvalue weighted by atomic mass is 9.90. The number of ether oxygens (including phenoxy) is 2. The van der Waals surface area contributed by atoms with Gasteiger partial charge in [0.05, 0.1) is 14.2 Å². The molecule has 4 aromatic rings. The standard InChI is InChI=1S/C28H30O2/c1-18(2)24-14-13-22-10-9-20(16-26(22)28(24)30-5)15-19(3)23-12-11-21-7-6-8-27(29-4)25(21)17-23/h6-14,16-19H,15H2,1-5H3. The zero-order valence-corrected chi connectivity index (χ0v) is 18.5. The molecule has 0 heterocycles. The van der Waals surface area contributed by atoms with Crippen LogP contribution in [-0.2, 0) is 6.42 Å². The van der Waals surface area contributed by atoms with E-state index in [0.717, 1.165) is 17.9 Å². The van der Waals surface area contributed by atoms with Crippen LogP contribution < -0.4 is 9.47 Å². The molecule has 30 heavy (non-hydrogen) atoms. The van der Waals surface area contributed by atoms with Crippen molar-refractivity contribution < 1.29 is 9.47 Å². The van der Waals surface area contributed by atoms with Crippen LogP contribution >= 0.6 is 0 Å². The maximum Gasteiger partial charge on any atom is 0.130 e. The van der Waals surface area contributed by atoms with Crippen LogP contribution in [0, 0.1) is 0 Å². The van der Waals surface area contributed by atoms with E-state index in [1.54, 1.807) is 14.2 Å². The van der Waals surface area contributed by atoms with E-state index < -0.39 is 0 Å². The van der Waals surface area contributed by atoms with E-state index in [2.05, 4.69) is 75.4 Å². The molecule has 1 unspecified atom stereocenters. The summed E-state index contributed by atoms with van der Waals surface area (Å²) in [6, 6.07) is 24.1. The Hall–Kier alpha value is -3.00. The van der Waals surface area contributed by atoms with Crippen molar-refractivity contribution in [1.29, 1.82) is 0 Å². The summed E-state index contributed by atoms with van der Waals surface area (Å²) in [5, 5.41) is 4.81. The minimum atomic E-state index is 0.399. The first-order valence-corrected chi connectivity index (χ1v) is 10.7. The van der Waals surface area contributed by atoms with E-state index in [1.807, 2.05) is 12.1 Å². The van der Waals surface area contributed by atoms with Crippen LogP contribution in [0.2, 0.25) is 0 Å². The monoisotopic (exact) mass is 398 g/mol. The van der Waals surface area contributed by atoms with Crippen LogP contribution in [0.4, 0.5) is 0 Å². The molecule has 0 aliphatic rings. The van der Waals surface area contributed by atoms with Gasteiger partial charge in [-0.1, -0.05) is 69.3 Å². The first-order valence-electron chi connectivity index (χ1n) is 10.7. The lowest BCUT2D eigenvalue weighted by Crippen LogP contribution is -2.00. The van der Waals surface area contributed by atoms with E-state index in [1.165, 1.54) is 38.2 Å². The highest BCUT2D eigenvalue weighted by Gasteiger charge is 2.14. The van der Waals surface area contributed by atoms with Crippen LogP contribution in [0.25, 0.3) is 21.5 Å². The summed E-state index contributed by atoms with van der Waals surface area (Å²) in [4.78, 5) is 0. The zero-order valence-electron chi connectivity index (χ0n) is 18.5. The minimum Gasteiger partial charge on any atom is -0.496 e. The van der Waals surface area contributed by atoms with Crippen LogP contribution in [0.15, 0.2) is 66.7 Å². The van der Waals surface area contributed by atoms with Gasteiger partial charge in [0.2, 0.25) is 0 Å². The van der Waals surface area contributed by atoms with Crippen LogP contribution in [0.1, 0.15) is 49.3 Å². The fourth-order valence-electron chi connectivity index (χ4n) is 4.38. The van der Waals surface area contributed by atoms with Crippen molar-refractivity contribution in [3.8, 4) is 11.5 Å². The second-order valence-corrected chi connectivity index (χ2v) is 8.44. The minimum absolute atomic E-state index is 0.399. The number of hydrogen-bond acceptors (Lipinski definition) is 2. The molecule has 1 atom stereocenters. The summed E-state index contributed by atoms with van der Waals surface area (Å²) in [5.41, 5.74) is 3.92. The fourth-order valence-corrected chi connectivity index (χ4v) is 4.38. The predicted octanol–water partition coefficient (Wildman–Crippen LogP) is 7.48. The van der Waals surface area contributed by atoms with Gasteiger partial charge in [0.15, 0.2) is 0 Å². The number of benzene rings is 4. The molecule has 0 saturated heterocycles. The van der Waals surface area contributed by atoms with E-state index in [4.69, 9.17) is 9.47 Å². The van der Waals surface area contributed by atoms with Crippen molar-refractivity contribution in [2.24, 2.45) is 0 Å². The SMILES string of the molecule is COc1cccc2ccc(C(C)Cc3ccc4ccc(C(C)C)c(OC)c4c3)cc12. The molecule has 4 aromatic carbocycles. The van der Waals surface area contributed by atoms with Gasteiger partial charge >= 0.3 is 0 Å². The van der Waals surface area contributed by atoms with Crippen LogP contribution in [0.3, 0.4) is 0 Å². The second kappa shape index (κ2) is 8.39. The Bertz CT molecular complexity index is 1190. The van der Waals surface area contributed by atoms with Gasteiger partial charge in [-0.3, -0.25) is 0 Å². The Morgan fingerprint density at radius 3 is 2.20 bits per heavy atom. The lowest BCUT2D eigenvalue weighted by molar-refractivity contribution is 0.412. The molecule has 0 spiro atoms. The number of rotatable bonds is 6. The quantitative estimate of drug-likeness (QED) is 0.335. The smallest absolute Gasteiger partial charge is 0.130 e. The average Bonchev–Trinajstić information content (AvgIpc) is 2.77. The third-order valence-electron chi connectivity index (χ3n) is 6.09. The van der Waals surface area contributed by atoms with Crippen molar-refractivity contribution in [2.45, 2.75) is 39.0 Å². The molecule has 154 valence electrons.